The van der Waals surface area contributed by atoms with E-state index in [2.05, 4.69) is 15.0 Å². The lowest BCUT2D eigenvalue weighted by Crippen LogP contribution is -2.23. The topological polar surface area (TPSA) is 111 Å². The van der Waals surface area contributed by atoms with Gasteiger partial charge in [-0.1, -0.05) is 6.92 Å². The maximum atomic E-state index is 11.5. The Labute approximate surface area is 157 Å². The second-order valence-electron chi connectivity index (χ2n) is 6.39. The lowest BCUT2D eigenvalue weighted by molar-refractivity contribution is -0.128. The molecule has 140 valence electrons. The standard InChI is InChI=1S/C20H22N4O3/c1-4-18(25)16-5-11(2)14(10-24-16)15-6-12-9-23-17(7-13(12)8-22-15)19(27-3)20(21)26/h5-10,18-19,25H,4H2,1-3H3,(H2,21,26)/t18-,19?/m1/s1. The number of carbonyl (C=O) groups excluding carboxylic acids is 1. The number of hydrogen-bond acceptors (Lipinski definition) is 6. The van der Waals surface area contributed by atoms with Crippen LogP contribution in [0.3, 0.4) is 0 Å². The molecule has 0 aliphatic heterocycles. The number of pyridine rings is 3. The Morgan fingerprint density at radius 1 is 1.11 bits per heavy atom. The summed E-state index contributed by atoms with van der Waals surface area (Å²) >= 11 is 0. The Kier molecular flexibility index (Phi) is 5.43. The van der Waals surface area contributed by atoms with Crippen LogP contribution >= 0.6 is 0 Å². The maximum Gasteiger partial charge on any atom is 0.252 e. The molecule has 1 amide bonds. The van der Waals surface area contributed by atoms with Crippen molar-refractivity contribution in [3.05, 3.63) is 53.7 Å². The molecule has 3 rings (SSSR count). The first-order chi connectivity index (χ1) is 12.9. The van der Waals surface area contributed by atoms with E-state index in [1.54, 1.807) is 24.7 Å². The number of aliphatic hydroxyl groups is 1. The lowest BCUT2D eigenvalue weighted by Gasteiger charge is -2.13. The number of aromatic nitrogens is 3. The molecule has 0 aromatic carbocycles. The fraction of sp³-hybridized carbons (Fsp3) is 0.300. The molecule has 0 saturated carbocycles. The van der Waals surface area contributed by atoms with Crippen molar-refractivity contribution in [3.8, 4) is 11.3 Å². The average Bonchev–Trinajstić information content (AvgIpc) is 2.67. The van der Waals surface area contributed by atoms with E-state index >= 15 is 0 Å². The Hall–Kier alpha value is -2.90. The molecule has 0 bridgehead atoms. The van der Waals surface area contributed by atoms with Gasteiger partial charge in [-0.05, 0) is 37.1 Å². The number of nitrogens with two attached hydrogens (primary N) is 1. The highest BCUT2D eigenvalue weighted by Crippen LogP contribution is 2.27. The number of hydrogen-bond donors (Lipinski definition) is 2. The quantitative estimate of drug-likeness (QED) is 0.694. The van der Waals surface area contributed by atoms with Crippen LogP contribution < -0.4 is 5.73 Å². The van der Waals surface area contributed by atoms with Gasteiger partial charge in [0.15, 0.2) is 6.10 Å². The van der Waals surface area contributed by atoms with Crippen LogP contribution in [0.4, 0.5) is 0 Å². The van der Waals surface area contributed by atoms with Gasteiger partial charge in [-0.15, -0.1) is 0 Å². The third kappa shape index (κ3) is 3.79. The highest BCUT2D eigenvalue weighted by Gasteiger charge is 2.19. The Morgan fingerprint density at radius 2 is 1.78 bits per heavy atom. The van der Waals surface area contributed by atoms with E-state index in [0.717, 1.165) is 27.6 Å². The fourth-order valence-electron chi connectivity index (χ4n) is 2.97. The van der Waals surface area contributed by atoms with Crippen molar-refractivity contribution in [2.24, 2.45) is 5.73 Å². The van der Waals surface area contributed by atoms with Gasteiger partial charge in [-0.25, -0.2) is 0 Å². The van der Waals surface area contributed by atoms with Crippen molar-refractivity contribution in [2.75, 3.05) is 7.11 Å². The Balaban J connectivity index is 1.99. The minimum atomic E-state index is -0.891. The first-order valence-electron chi connectivity index (χ1n) is 8.67. The van der Waals surface area contributed by atoms with Crippen molar-refractivity contribution < 1.29 is 14.6 Å². The summed E-state index contributed by atoms with van der Waals surface area (Å²) in [6.45, 7) is 3.88. The van der Waals surface area contributed by atoms with Crippen molar-refractivity contribution in [1.29, 1.82) is 0 Å². The molecule has 27 heavy (non-hydrogen) atoms. The molecule has 0 radical (unpaired) electrons. The molecule has 0 aliphatic rings. The smallest absolute Gasteiger partial charge is 0.252 e. The Bertz CT molecular complexity index is 990. The maximum absolute atomic E-state index is 11.5. The zero-order valence-electron chi connectivity index (χ0n) is 15.5. The van der Waals surface area contributed by atoms with Crippen LogP contribution in [-0.4, -0.2) is 33.1 Å². The van der Waals surface area contributed by atoms with Gasteiger partial charge in [0.05, 0.1) is 23.2 Å². The number of carbonyl (C=O) groups is 1. The van der Waals surface area contributed by atoms with E-state index in [9.17, 15) is 9.90 Å². The highest BCUT2D eigenvalue weighted by molar-refractivity contribution is 5.87. The monoisotopic (exact) mass is 366 g/mol. The van der Waals surface area contributed by atoms with Crippen molar-refractivity contribution in [1.82, 2.24) is 15.0 Å². The van der Waals surface area contributed by atoms with Crippen molar-refractivity contribution in [2.45, 2.75) is 32.5 Å². The van der Waals surface area contributed by atoms with Gasteiger partial charge < -0.3 is 15.6 Å². The minimum Gasteiger partial charge on any atom is -0.387 e. The molecule has 7 heteroatoms. The second kappa shape index (κ2) is 7.77. The number of aliphatic hydroxyl groups excluding tert-OH is 1. The van der Waals surface area contributed by atoms with Crippen LogP contribution in [0.15, 0.2) is 36.8 Å². The molecule has 0 saturated heterocycles. The van der Waals surface area contributed by atoms with Crippen molar-refractivity contribution in [3.63, 3.8) is 0 Å². The second-order valence-corrected chi connectivity index (χ2v) is 6.39. The van der Waals surface area contributed by atoms with Gasteiger partial charge in [0.2, 0.25) is 0 Å². The van der Waals surface area contributed by atoms with Gasteiger partial charge in [0.25, 0.3) is 5.91 Å². The number of fused-ring (bicyclic) bond motifs is 1. The molecule has 0 spiro atoms. The number of rotatable bonds is 6. The summed E-state index contributed by atoms with van der Waals surface area (Å²) in [4.78, 5) is 24.6. The lowest BCUT2D eigenvalue weighted by atomic mass is 10.0. The minimum absolute atomic E-state index is 0.447. The molecule has 3 N–H and O–H groups in total. The molecular formula is C20H22N4O3. The number of nitrogens with zero attached hydrogens (tertiary/aromatic N) is 3. The molecule has 7 nitrogen and oxygen atoms in total. The third-order valence-electron chi connectivity index (χ3n) is 4.52. The number of methoxy groups -OCH3 is 1. The van der Waals surface area contributed by atoms with Crippen LogP contribution in [0.5, 0.6) is 0 Å². The average molecular weight is 366 g/mol. The molecule has 1 unspecified atom stereocenters. The predicted octanol–water partition coefficient (Wildman–Crippen LogP) is 2.62. The van der Waals surface area contributed by atoms with Crippen molar-refractivity contribution >= 4 is 16.7 Å². The number of primary amides is 1. The summed E-state index contributed by atoms with van der Waals surface area (Å²) in [5.74, 6) is -0.593. The largest absolute Gasteiger partial charge is 0.387 e. The summed E-state index contributed by atoms with van der Waals surface area (Å²) in [6, 6.07) is 5.54. The number of ether oxygens (including phenoxy) is 1. The first kappa shape index (κ1) is 18.9. The van der Waals surface area contributed by atoms with Crippen LogP contribution in [0.1, 0.15) is 42.5 Å². The summed E-state index contributed by atoms with van der Waals surface area (Å²) < 4.78 is 5.11. The molecule has 3 aromatic heterocycles. The van der Waals surface area contributed by atoms with Gasteiger partial charge in [0, 0.05) is 42.0 Å². The van der Waals surface area contributed by atoms with E-state index < -0.39 is 18.1 Å². The molecule has 2 atom stereocenters. The van der Waals surface area contributed by atoms with Crippen LogP contribution in [0.25, 0.3) is 22.0 Å². The summed E-state index contributed by atoms with van der Waals surface area (Å²) in [5.41, 5.74) is 9.08. The summed E-state index contributed by atoms with van der Waals surface area (Å²) in [7, 11) is 1.41. The summed E-state index contributed by atoms with van der Waals surface area (Å²) in [5, 5.41) is 11.7. The predicted molar refractivity (Wildman–Crippen MR) is 102 cm³/mol. The van der Waals surface area contributed by atoms with Crippen LogP contribution in [0.2, 0.25) is 0 Å². The first-order valence-corrected chi connectivity index (χ1v) is 8.67. The van der Waals surface area contributed by atoms with Crippen LogP contribution in [0, 0.1) is 6.92 Å². The van der Waals surface area contributed by atoms with Gasteiger partial charge in [-0.3, -0.25) is 19.7 Å². The molecular weight excluding hydrogens is 344 g/mol. The van der Waals surface area contributed by atoms with Gasteiger partial charge >= 0.3 is 0 Å². The Morgan fingerprint density at radius 3 is 2.41 bits per heavy atom. The molecule has 3 heterocycles. The van der Waals surface area contributed by atoms with Crippen LogP contribution in [-0.2, 0) is 9.53 Å². The normalized spacial score (nSPS) is 13.5. The van der Waals surface area contributed by atoms with Gasteiger partial charge in [-0.2, -0.15) is 0 Å². The zero-order chi connectivity index (χ0) is 19.6. The van der Waals surface area contributed by atoms with E-state index in [1.165, 1.54) is 7.11 Å². The third-order valence-corrected chi connectivity index (χ3v) is 4.52. The van der Waals surface area contributed by atoms with Gasteiger partial charge in [0.1, 0.15) is 0 Å². The van der Waals surface area contributed by atoms with E-state index in [0.29, 0.717) is 17.8 Å². The zero-order valence-corrected chi connectivity index (χ0v) is 15.5. The number of aryl methyl sites for hydroxylation is 1. The highest BCUT2D eigenvalue weighted by atomic mass is 16.5. The van der Waals surface area contributed by atoms with E-state index in [4.69, 9.17) is 10.5 Å². The molecule has 0 aliphatic carbocycles. The van der Waals surface area contributed by atoms with E-state index in [1.807, 2.05) is 26.0 Å². The SMILES string of the molecule is CC[C@@H](O)c1cc(C)c(-c2cc3cnc(C(OC)C(N)=O)cc3cn2)cn1. The number of amides is 1. The van der Waals surface area contributed by atoms with E-state index in [-0.39, 0.29) is 0 Å². The summed E-state index contributed by atoms with van der Waals surface area (Å²) in [6.07, 6.45) is 4.28. The fourth-order valence-corrected chi connectivity index (χ4v) is 2.97. The molecule has 0 fully saturated rings. The molecule has 3 aromatic rings.